The first-order valence-electron chi connectivity index (χ1n) is 5.83. The standard InChI is InChI=1S/C13H19N3/c1-16-9-5-8-12(10-16)15-13(14)11-6-3-2-4-7-11/h2-4,6-7,12H,5,8-10H2,1H3,(H2,14,15). The van der Waals surface area contributed by atoms with Crippen LogP contribution in [0.2, 0.25) is 0 Å². The molecular weight excluding hydrogens is 198 g/mol. The highest BCUT2D eigenvalue weighted by Crippen LogP contribution is 2.12. The van der Waals surface area contributed by atoms with Gasteiger partial charge >= 0.3 is 0 Å². The minimum Gasteiger partial charge on any atom is -0.383 e. The lowest BCUT2D eigenvalue weighted by Gasteiger charge is -2.27. The van der Waals surface area contributed by atoms with Crippen molar-refractivity contribution >= 4 is 5.84 Å². The molecule has 2 rings (SSSR count). The smallest absolute Gasteiger partial charge is 0.125 e. The summed E-state index contributed by atoms with van der Waals surface area (Å²) in [5.41, 5.74) is 7.03. The molecule has 0 spiro atoms. The van der Waals surface area contributed by atoms with Crippen LogP contribution >= 0.6 is 0 Å². The summed E-state index contributed by atoms with van der Waals surface area (Å²) < 4.78 is 0. The molecule has 1 atom stereocenters. The number of nitrogens with zero attached hydrogens (tertiary/aromatic N) is 2. The predicted octanol–water partition coefficient (Wildman–Crippen LogP) is 1.49. The van der Waals surface area contributed by atoms with Crippen molar-refractivity contribution in [3.05, 3.63) is 35.9 Å². The maximum Gasteiger partial charge on any atom is 0.125 e. The van der Waals surface area contributed by atoms with E-state index in [1.54, 1.807) is 0 Å². The van der Waals surface area contributed by atoms with Gasteiger partial charge in [0.15, 0.2) is 0 Å². The zero-order valence-electron chi connectivity index (χ0n) is 9.76. The van der Waals surface area contributed by atoms with Crippen molar-refractivity contribution in [3.8, 4) is 0 Å². The van der Waals surface area contributed by atoms with Gasteiger partial charge in [-0.15, -0.1) is 0 Å². The number of likely N-dealkylation sites (N-methyl/N-ethyl adjacent to an activating group) is 1. The number of hydrogen-bond acceptors (Lipinski definition) is 2. The lowest BCUT2D eigenvalue weighted by molar-refractivity contribution is 0.253. The van der Waals surface area contributed by atoms with E-state index in [1.165, 1.54) is 13.0 Å². The predicted molar refractivity (Wildman–Crippen MR) is 67.7 cm³/mol. The molecular formula is C13H19N3. The van der Waals surface area contributed by atoms with Crippen LogP contribution < -0.4 is 5.73 Å². The zero-order chi connectivity index (χ0) is 11.4. The van der Waals surface area contributed by atoms with E-state index in [4.69, 9.17) is 5.73 Å². The fourth-order valence-electron chi connectivity index (χ4n) is 2.12. The third-order valence-corrected chi connectivity index (χ3v) is 2.99. The Morgan fingerprint density at radius 1 is 1.38 bits per heavy atom. The molecule has 1 aliphatic heterocycles. The summed E-state index contributed by atoms with van der Waals surface area (Å²) in [6.07, 6.45) is 2.37. The number of aliphatic imine (C=N–C) groups is 1. The topological polar surface area (TPSA) is 41.6 Å². The summed E-state index contributed by atoms with van der Waals surface area (Å²) in [6.45, 7) is 2.20. The summed E-state index contributed by atoms with van der Waals surface area (Å²) in [6, 6.07) is 10.3. The second-order valence-electron chi connectivity index (χ2n) is 4.44. The van der Waals surface area contributed by atoms with Crippen LogP contribution in [0.15, 0.2) is 35.3 Å². The molecule has 3 nitrogen and oxygen atoms in total. The number of nitrogens with two attached hydrogens (primary N) is 1. The van der Waals surface area contributed by atoms with E-state index >= 15 is 0 Å². The van der Waals surface area contributed by atoms with Crippen molar-refractivity contribution < 1.29 is 0 Å². The van der Waals surface area contributed by atoms with Gasteiger partial charge in [0.1, 0.15) is 5.84 Å². The Morgan fingerprint density at radius 3 is 2.81 bits per heavy atom. The first-order chi connectivity index (χ1) is 7.75. The molecule has 0 aromatic heterocycles. The van der Waals surface area contributed by atoms with Crippen molar-refractivity contribution in [3.63, 3.8) is 0 Å². The monoisotopic (exact) mass is 217 g/mol. The molecule has 2 N–H and O–H groups in total. The molecule has 1 aliphatic rings. The summed E-state index contributed by atoms with van der Waals surface area (Å²) in [5, 5.41) is 0. The molecule has 0 radical (unpaired) electrons. The van der Waals surface area contributed by atoms with E-state index in [2.05, 4.69) is 16.9 Å². The van der Waals surface area contributed by atoms with E-state index in [-0.39, 0.29) is 0 Å². The molecule has 1 heterocycles. The van der Waals surface area contributed by atoms with Crippen LogP contribution in [0.4, 0.5) is 0 Å². The van der Waals surface area contributed by atoms with Crippen molar-refractivity contribution in [2.45, 2.75) is 18.9 Å². The molecule has 1 saturated heterocycles. The molecule has 0 amide bonds. The first-order valence-corrected chi connectivity index (χ1v) is 5.83. The SMILES string of the molecule is CN1CCCC(N=C(N)c2ccccc2)C1. The normalized spacial score (nSPS) is 23.3. The Bertz CT molecular complexity index is 359. The number of piperidine rings is 1. The van der Waals surface area contributed by atoms with E-state index in [1.807, 2.05) is 30.3 Å². The highest BCUT2D eigenvalue weighted by molar-refractivity contribution is 5.97. The van der Waals surface area contributed by atoms with Crippen LogP contribution in [0, 0.1) is 0 Å². The van der Waals surface area contributed by atoms with Crippen molar-refractivity contribution in [2.75, 3.05) is 20.1 Å². The summed E-state index contributed by atoms with van der Waals surface area (Å²) in [4.78, 5) is 6.92. The zero-order valence-corrected chi connectivity index (χ0v) is 9.76. The van der Waals surface area contributed by atoms with E-state index < -0.39 is 0 Å². The molecule has 1 aromatic rings. The quantitative estimate of drug-likeness (QED) is 0.602. The fourth-order valence-corrected chi connectivity index (χ4v) is 2.12. The molecule has 1 unspecified atom stereocenters. The maximum absolute atomic E-state index is 6.00. The van der Waals surface area contributed by atoms with Crippen LogP contribution in [-0.2, 0) is 0 Å². The maximum atomic E-state index is 6.00. The van der Waals surface area contributed by atoms with Gasteiger partial charge in [0, 0.05) is 12.1 Å². The second-order valence-corrected chi connectivity index (χ2v) is 4.44. The van der Waals surface area contributed by atoms with Gasteiger partial charge in [-0.1, -0.05) is 30.3 Å². The van der Waals surface area contributed by atoms with Gasteiger partial charge < -0.3 is 10.6 Å². The first kappa shape index (κ1) is 11.1. The Morgan fingerprint density at radius 2 is 2.12 bits per heavy atom. The van der Waals surface area contributed by atoms with Crippen LogP contribution in [0.25, 0.3) is 0 Å². The molecule has 0 saturated carbocycles. The number of likely N-dealkylation sites (tertiary alicyclic amines) is 1. The summed E-state index contributed by atoms with van der Waals surface area (Å²) in [7, 11) is 2.14. The summed E-state index contributed by atoms with van der Waals surface area (Å²) in [5.74, 6) is 0.668. The number of amidine groups is 1. The van der Waals surface area contributed by atoms with Crippen molar-refractivity contribution in [1.29, 1.82) is 0 Å². The highest BCUT2D eigenvalue weighted by Gasteiger charge is 2.16. The van der Waals surface area contributed by atoms with E-state index in [0.29, 0.717) is 11.9 Å². The summed E-state index contributed by atoms with van der Waals surface area (Å²) >= 11 is 0. The Labute approximate surface area is 97.0 Å². The lowest BCUT2D eigenvalue weighted by Crippen LogP contribution is -2.35. The fraction of sp³-hybridized carbons (Fsp3) is 0.462. The largest absolute Gasteiger partial charge is 0.383 e. The van der Waals surface area contributed by atoms with Crippen LogP contribution in [-0.4, -0.2) is 36.9 Å². The molecule has 1 aromatic carbocycles. The molecule has 0 aliphatic carbocycles. The molecule has 16 heavy (non-hydrogen) atoms. The average molecular weight is 217 g/mol. The van der Waals surface area contributed by atoms with Crippen LogP contribution in [0.5, 0.6) is 0 Å². The van der Waals surface area contributed by atoms with Gasteiger partial charge in [-0.3, -0.25) is 4.99 Å². The number of hydrogen-bond donors (Lipinski definition) is 1. The van der Waals surface area contributed by atoms with Gasteiger partial charge in [-0.2, -0.15) is 0 Å². The Hall–Kier alpha value is -1.35. The molecule has 3 heteroatoms. The third kappa shape index (κ3) is 2.83. The lowest BCUT2D eigenvalue weighted by atomic mass is 10.1. The van der Waals surface area contributed by atoms with Gasteiger partial charge in [-0.25, -0.2) is 0 Å². The number of rotatable bonds is 2. The molecule has 0 bridgehead atoms. The molecule has 86 valence electrons. The van der Waals surface area contributed by atoms with Crippen molar-refractivity contribution in [1.82, 2.24) is 4.90 Å². The van der Waals surface area contributed by atoms with Gasteiger partial charge in [0.2, 0.25) is 0 Å². The second kappa shape index (κ2) is 5.12. The van der Waals surface area contributed by atoms with Gasteiger partial charge in [0.05, 0.1) is 6.04 Å². The van der Waals surface area contributed by atoms with Crippen molar-refractivity contribution in [2.24, 2.45) is 10.7 Å². The Balaban J connectivity index is 2.06. The van der Waals surface area contributed by atoms with E-state index in [0.717, 1.165) is 18.5 Å². The molecule has 1 fully saturated rings. The third-order valence-electron chi connectivity index (χ3n) is 2.99. The van der Waals surface area contributed by atoms with Crippen LogP contribution in [0.1, 0.15) is 18.4 Å². The minimum absolute atomic E-state index is 0.360. The van der Waals surface area contributed by atoms with Crippen LogP contribution in [0.3, 0.4) is 0 Å². The Kier molecular flexibility index (Phi) is 3.57. The highest BCUT2D eigenvalue weighted by atomic mass is 15.1. The van der Waals surface area contributed by atoms with Gasteiger partial charge in [-0.05, 0) is 26.4 Å². The average Bonchev–Trinajstić information content (AvgIpc) is 2.30. The van der Waals surface area contributed by atoms with Gasteiger partial charge in [0.25, 0.3) is 0 Å². The van der Waals surface area contributed by atoms with E-state index in [9.17, 15) is 0 Å². The number of benzene rings is 1. The minimum atomic E-state index is 0.360.